The molecule has 0 aliphatic rings. The van der Waals surface area contributed by atoms with E-state index in [1.807, 2.05) is 0 Å². The first-order valence-corrected chi connectivity index (χ1v) is 8.79. The van der Waals surface area contributed by atoms with Gasteiger partial charge in [-0.2, -0.15) is 18.4 Å². The topological polar surface area (TPSA) is 123 Å². The first kappa shape index (κ1) is 20.9. The van der Waals surface area contributed by atoms with Crippen LogP contribution in [0, 0.1) is 11.3 Å². The van der Waals surface area contributed by atoms with Crippen LogP contribution in [-0.2, 0) is 6.18 Å². The fourth-order valence-corrected chi connectivity index (χ4v) is 3.45. The minimum atomic E-state index is -4.83. The van der Waals surface area contributed by atoms with E-state index in [1.165, 1.54) is 32.5 Å². The minimum absolute atomic E-state index is 0.0523. The smallest absolute Gasteiger partial charge is 0.434 e. The van der Waals surface area contributed by atoms with Gasteiger partial charge in [0.25, 0.3) is 5.91 Å². The molecule has 0 saturated heterocycles. The summed E-state index contributed by atoms with van der Waals surface area (Å²) in [5.74, 6) is -1.15. The Balaban J connectivity index is 2.07. The van der Waals surface area contributed by atoms with Gasteiger partial charge in [-0.05, 0) is 12.1 Å². The summed E-state index contributed by atoms with van der Waals surface area (Å²) in [7, 11) is 2.52. The predicted molar refractivity (Wildman–Crippen MR) is 98.2 cm³/mol. The number of nitrogens with one attached hydrogen (secondary N) is 1. The molecule has 3 aromatic rings. The molecule has 0 fully saturated rings. The highest BCUT2D eigenvalue weighted by atomic mass is 32.1. The lowest BCUT2D eigenvalue weighted by molar-refractivity contribution is -0.140. The fourth-order valence-electron chi connectivity index (χ4n) is 2.44. The molecule has 0 aromatic carbocycles. The number of thiazole rings is 1. The number of nitrogens with zero attached hydrogens (tertiary/aromatic N) is 5. The molecular formula is C17H11F3N6O3S. The predicted octanol–water partition coefficient (Wildman–Crippen LogP) is 3.16. The van der Waals surface area contributed by atoms with Gasteiger partial charge < -0.3 is 9.47 Å². The van der Waals surface area contributed by atoms with Crippen molar-refractivity contribution in [2.24, 2.45) is 0 Å². The number of halogens is 3. The molecule has 9 nitrogen and oxygen atoms in total. The minimum Gasteiger partial charge on any atom is -0.480 e. The van der Waals surface area contributed by atoms with Gasteiger partial charge in [-0.15, -0.1) is 0 Å². The van der Waals surface area contributed by atoms with E-state index in [0.717, 1.165) is 6.33 Å². The zero-order chi connectivity index (χ0) is 21.9. The number of rotatable bonds is 5. The van der Waals surface area contributed by atoms with Crippen molar-refractivity contribution in [2.75, 3.05) is 19.5 Å². The zero-order valence-electron chi connectivity index (χ0n) is 15.3. The lowest BCUT2D eigenvalue weighted by Crippen LogP contribution is -2.16. The van der Waals surface area contributed by atoms with Crippen LogP contribution >= 0.6 is 11.3 Å². The van der Waals surface area contributed by atoms with Gasteiger partial charge in [0.05, 0.1) is 19.1 Å². The average Bonchev–Trinajstić information content (AvgIpc) is 3.17. The van der Waals surface area contributed by atoms with Crippen LogP contribution in [0.25, 0.3) is 10.4 Å². The maximum atomic E-state index is 13.5. The normalized spacial score (nSPS) is 10.9. The number of hydrogen-bond donors (Lipinski definition) is 1. The van der Waals surface area contributed by atoms with Gasteiger partial charge in [0, 0.05) is 11.8 Å². The van der Waals surface area contributed by atoms with E-state index in [4.69, 9.17) is 14.7 Å². The largest absolute Gasteiger partial charge is 0.480 e. The molecule has 0 spiro atoms. The number of amides is 1. The summed E-state index contributed by atoms with van der Waals surface area (Å²) in [5.41, 5.74) is -1.73. The Morgan fingerprint density at radius 2 is 1.87 bits per heavy atom. The SMILES string of the molecule is COc1ncnc(OC)c1C(=O)Nc1nc(C(F)(F)F)c(-c2cccnc2C#N)s1. The molecule has 1 N–H and O–H groups in total. The van der Waals surface area contributed by atoms with Crippen LogP contribution in [0.1, 0.15) is 21.7 Å². The number of aromatic nitrogens is 4. The van der Waals surface area contributed by atoms with Crippen LogP contribution in [-0.4, -0.2) is 40.1 Å². The van der Waals surface area contributed by atoms with Gasteiger partial charge in [0.15, 0.2) is 16.4 Å². The van der Waals surface area contributed by atoms with Gasteiger partial charge >= 0.3 is 6.18 Å². The molecule has 0 radical (unpaired) electrons. The molecule has 0 aliphatic heterocycles. The second kappa shape index (κ2) is 8.29. The summed E-state index contributed by atoms with van der Waals surface area (Å²) in [5, 5.41) is 11.1. The van der Waals surface area contributed by atoms with Crippen molar-refractivity contribution in [1.82, 2.24) is 19.9 Å². The van der Waals surface area contributed by atoms with E-state index in [-0.39, 0.29) is 38.6 Å². The van der Waals surface area contributed by atoms with Crippen molar-refractivity contribution in [1.29, 1.82) is 5.26 Å². The molecule has 0 unspecified atom stereocenters. The third kappa shape index (κ3) is 3.98. The van der Waals surface area contributed by atoms with Crippen LogP contribution in [0.5, 0.6) is 11.8 Å². The summed E-state index contributed by atoms with van der Waals surface area (Å²) >= 11 is 0.542. The monoisotopic (exact) mass is 436 g/mol. The van der Waals surface area contributed by atoms with Gasteiger partial charge in [0.1, 0.15) is 18.1 Å². The molecule has 0 aliphatic carbocycles. The number of carbonyl (C=O) groups is 1. The lowest BCUT2D eigenvalue weighted by atomic mass is 10.1. The summed E-state index contributed by atoms with van der Waals surface area (Å²) in [6.07, 6.45) is -2.45. The number of hydrogen-bond acceptors (Lipinski definition) is 9. The van der Waals surface area contributed by atoms with E-state index >= 15 is 0 Å². The molecular weight excluding hydrogens is 425 g/mol. The van der Waals surface area contributed by atoms with E-state index in [1.54, 1.807) is 6.07 Å². The van der Waals surface area contributed by atoms with E-state index < -0.39 is 17.8 Å². The van der Waals surface area contributed by atoms with Gasteiger partial charge in [-0.3, -0.25) is 10.1 Å². The molecule has 0 saturated carbocycles. The number of methoxy groups -OCH3 is 2. The zero-order valence-corrected chi connectivity index (χ0v) is 16.1. The van der Waals surface area contributed by atoms with Crippen LogP contribution < -0.4 is 14.8 Å². The highest BCUT2D eigenvalue weighted by molar-refractivity contribution is 7.19. The Kier molecular flexibility index (Phi) is 5.79. The Labute approximate surface area is 171 Å². The van der Waals surface area contributed by atoms with E-state index in [0.29, 0.717) is 11.3 Å². The maximum absolute atomic E-state index is 13.5. The first-order chi connectivity index (χ1) is 14.3. The molecule has 3 aromatic heterocycles. The maximum Gasteiger partial charge on any atom is 0.434 e. The number of ether oxygens (including phenoxy) is 2. The molecule has 0 bridgehead atoms. The van der Waals surface area contributed by atoms with Crippen molar-refractivity contribution in [3.05, 3.63) is 41.6 Å². The van der Waals surface area contributed by atoms with Crippen LogP contribution in [0.2, 0.25) is 0 Å². The van der Waals surface area contributed by atoms with Crippen molar-refractivity contribution in [2.45, 2.75) is 6.18 Å². The standard InChI is InChI=1S/C17H11F3N6O3S/c1-28-14-10(15(29-2)24-7-23-14)13(27)26-16-25-12(17(18,19)20)11(30-16)8-4-3-5-22-9(8)6-21/h3-5,7H,1-2H3,(H,25,26,27). The third-order valence-electron chi connectivity index (χ3n) is 3.67. The summed E-state index contributed by atoms with van der Waals surface area (Å²) in [6, 6.07) is 4.45. The molecule has 1 amide bonds. The molecule has 13 heteroatoms. The van der Waals surface area contributed by atoms with E-state index in [9.17, 15) is 18.0 Å². The molecule has 3 heterocycles. The number of pyridine rings is 1. The van der Waals surface area contributed by atoms with Gasteiger partial charge in [-0.1, -0.05) is 11.3 Å². The second-order valence-electron chi connectivity index (χ2n) is 5.43. The summed E-state index contributed by atoms with van der Waals surface area (Å²) < 4.78 is 50.6. The van der Waals surface area contributed by atoms with Crippen LogP contribution in [0.15, 0.2) is 24.7 Å². The molecule has 3 rings (SSSR count). The Morgan fingerprint density at radius 3 is 2.43 bits per heavy atom. The molecule has 154 valence electrons. The fraction of sp³-hybridized carbons (Fsp3) is 0.176. The average molecular weight is 436 g/mol. The third-order valence-corrected chi connectivity index (χ3v) is 4.67. The van der Waals surface area contributed by atoms with E-state index in [2.05, 4.69) is 25.3 Å². The Bertz CT molecular complexity index is 1120. The highest BCUT2D eigenvalue weighted by Crippen LogP contribution is 2.42. The van der Waals surface area contributed by atoms with Crippen molar-refractivity contribution >= 4 is 22.4 Å². The Morgan fingerprint density at radius 1 is 1.20 bits per heavy atom. The van der Waals surface area contributed by atoms with Gasteiger partial charge in [-0.25, -0.2) is 19.9 Å². The van der Waals surface area contributed by atoms with Crippen LogP contribution in [0.3, 0.4) is 0 Å². The van der Waals surface area contributed by atoms with Crippen molar-refractivity contribution < 1.29 is 27.4 Å². The number of carbonyl (C=O) groups excluding carboxylic acids is 1. The van der Waals surface area contributed by atoms with Crippen molar-refractivity contribution in [3.63, 3.8) is 0 Å². The van der Waals surface area contributed by atoms with Crippen molar-refractivity contribution in [3.8, 4) is 28.3 Å². The number of alkyl halides is 3. The molecule has 30 heavy (non-hydrogen) atoms. The first-order valence-electron chi connectivity index (χ1n) is 7.98. The Hall–Kier alpha value is -3.79. The second-order valence-corrected chi connectivity index (χ2v) is 6.43. The van der Waals surface area contributed by atoms with Crippen LogP contribution in [0.4, 0.5) is 18.3 Å². The lowest BCUT2D eigenvalue weighted by Gasteiger charge is -2.09. The quantitative estimate of drug-likeness (QED) is 0.647. The summed E-state index contributed by atoms with van der Waals surface area (Å²) in [6.45, 7) is 0. The molecule has 0 atom stereocenters. The highest BCUT2D eigenvalue weighted by Gasteiger charge is 2.39. The number of nitriles is 1. The summed E-state index contributed by atoms with van der Waals surface area (Å²) in [4.78, 5) is 27.2. The number of anilines is 1. The van der Waals surface area contributed by atoms with Gasteiger partial charge in [0.2, 0.25) is 11.8 Å².